The van der Waals surface area contributed by atoms with E-state index in [2.05, 4.69) is 15.4 Å². The Labute approximate surface area is 132 Å². The molecule has 0 unspecified atom stereocenters. The number of anilines is 1. The summed E-state index contributed by atoms with van der Waals surface area (Å²) in [6.45, 7) is 1.73. The van der Waals surface area contributed by atoms with E-state index in [9.17, 15) is 19.7 Å². The van der Waals surface area contributed by atoms with Crippen molar-refractivity contribution in [1.29, 1.82) is 0 Å². The van der Waals surface area contributed by atoms with Gasteiger partial charge in [0.15, 0.2) is 5.11 Å². The average molecular weight is 325 g/mol. The number of carbonyl (C=O) groups excluding carboxylic acids is 2. The largest absolute Gasteiger partial charge is 0.469 e. The van der Waals surface area contributed by atoms with Crippen LogP contribution in [0.4, 0.5) is 11.4 Å². The van der Waals surface area contributed by atoms with Crippen molar-refractivity contribution >= 4 is 40.6 Å². The van der Waals surface area contributed by atoms with Crippen molar-refractivity contribution in [2.45, 2.75) is 19.8 Å². The molecule has 0 radical (unpaired) electrons. The highest BCUT2D eigenvalue weighted by Crippen LogP contribution is 2.25. The molecule has 0 bridgehead atoms. The van der Waals surface area contributed by atoms with Crippen LogP contribution in [0.1, 0.15) is 18.4 Å². The third-order valence-corrected chi connectivity index (χ3v) is 2.84. The highest BCUT2D eigenvalue weighted by atomic mass is 32.1. The lowest BCUT2D eigenvalue weighted by molar-refractivity contribution is -0.383. The van der Waals surface area contributed by atoms with Crippen molar-refractivity contribution in [2.24, 2.45) is 0 Å². The molecule has 0 saturated heterocycles. The number of carbonyl (C=O) groups is 2. The molecule has 0 aromatic heterocycles. The van der Waals surface area contributed by atoms with E-state index in [0.717, 1.165) is 5.56 Å². The zero-order valence-electron chi connectivity index (χ0n) is 12.0. The number of nitro groups is 1. The molecule has 1 amide bonds. The van der Waals surface area contributed by atoms with Crippen LogP contribution in [0.25, 0.3) is 0 Å². The van der Waals surface area contributed by atoms with Crippen LogP contribution in [0.5, 0.6) is 0 Å². The van der Waals surface area contributed by atoms with Gasteiger partial charge in [0.2, 0.25) is 5.91 Å². The molecule has 0 saturated carbocycles. The zero-order chi connectivity index (χ0) is 16.7. The highest BCUT2D eigenvalue weighted by Gasteiger charge is 2.15. The summed E-state index contributed by atoms with van der Waals surface area (Å²) in [5.41, 5.74) is 0.755. The Morgan fingerprint density at radius 2 is 2.05 bits per heavy atom. The van der Waals surface area contributed by atoms with Crippen LogP contribution in [0.2, 0.25) is 0 Å². The summed E-state index contributed by atoms with van der Waals surface area (Å²) < 4.78 is 4.41. The van der Waals surface area contributed by atoms with Crippen LogP contribution in [-0.4, -0.2) is 29.0 Å². The van der Waals surface area contributed by atoms with Gasteiger partial charge in [-0.15, -0.1) is 0 Å². The van der Waals surface area contributed by atoms with E-state index in [-0.39, 0.29) is 29.3 Å². The van der Waals surface area contributed by atoms with Gasteiger partial charge >= 0.3 is 5.97 Å². The second-order valence-electron chi connectivity index (χ2n) is 4.36. The number of aryl methyl sites for hydroxylation is 1. The molecule has 0 aliphatic rings. The Bertz CT molecular complexity index is 618. The molecule has 2 N–H and O–H groups in total. The molecular weight excluding hydrogens is 310 g/mol. The summed E-state index contributed by atoms with van der Waals surface area (Å²) in [5, 5.41) is 15.8. The van der Waals surface area contributed by atoms with Gasteiger partial charge in [-0.25, -0.2) is 0 Å². The number of hydrogen-bond donors (Lipinski definition) is 2. The van der Waals surface area contributed by atoms with E-state index in [0.29, 0.717) is 0 Å². The Morgan fingerprint density at radius 3 is 2.64 bits per heavy atom. The third-order valence-electron chi connectivity index (χ3n) is 2.63. The molecule has 8 nitrogen and oxygen atoms in total. The van der Waals surface area contributed by atoms with Crippen molar-refractivity contribution in [3.8, 4) is 0 Å². The fourth-order valence-corrected chi connectivity index (χ4v) is 1.78. The monoisotopic (exact) mass is 325 g/mol. The number of amides is 1. The number of methoxy groups -OCH3 is 1. The number of rotatable bonds is 5. The standard InChI is InChI=1S/C13H15N3O5S/c1-8-3-4-9(10(7-8)16(19)20)14-13(22)15-11(17)5-6-12(18)21-2/h3-4,7H,5-6H2,1-2H3,(H2,14,15,17,22). The van der Waals surface area contributed by atoms with Crippen LogP contribution in [-0.2, 0) is 14.3 Å². The van der Waals surface area contributed by atoms with Crippen molar-refractivity contribution in [1.82, 2.24) is 5.32 Å². The van der Waals surface area contributed by atoms with E-state index in [1.165, 1.54) is 19.2 Å². The average Bonchev–Trinajstić information content (AvgIpc) is 2.46. The normalized spacial score (nSPS) is 9.73. The first-order chi connectivity index (χ1) is 10.3. The minimum absolute atomic E-state index is 0.0738. The van der Waals surface area contributed by atoms with Crippen LogP contribution in [0, 0.1) is 17.0 Å². The fraction of sp³-hybridized carbons (Fsp3) is 0.308. The van der Waals surface area contributed by atoms with E-state index < -0.39 is 16.8 Å². The van der Waals surface area contributed by atoms with Gasteiger partial charge in [-0.3, -0.25) is 19.7 Å². The highest BCUT2D eigenvalue weighted by molar-refractivity contribution is 7.80. The lowest BCUT2D eigenvalue weighted by atomic mass is 10.2. The summed E-state index contributed by atoms with van der Waals surface area (Å²) >= 11 is 4.92. The van der Waals surface area contributed by atoms with Crippen LogP contribution >= 0.6 is 12.2 Å². The smallest absolute Gasteiger partial charge is 0.306 e. The number of nitro benzene ring substituents is 1. The Kier molecular flexibility index (Phi) is 6.39. The quantitative estimate of drug-likeness (QED) is 0.366. The van der Waals surface area contributed by atoms with E-state index in [4.69, 9.17) is 12.2 Å². The molecule has 0 aliphatic heterocycles. The van der Waals surface area contributed by atoms with E-state index in [1.54, 1.807) is 13.0 Å². The summed E-state index contributed by atoms with van der Waals surface area (Å²) in [4.78, 5) is 32.9. The summed E-state index contributed by atoms with van der Waals surface area (Å²) in [5.74, 6) is -0.999. The Balaban J connectivity index is 2.64. The van der Waals surface area contributed by atoms with Gasteiger partial charge < -0.3 is 15.4 Å². The number of esters is 1. The molecule has 0 aliphatic carbocycles. The first kappa shape index (κ1) is 17.5. The lowest BCUT2D eigenvalue weighted by Crippen LogP contribution is -2.34. The van der Waals surface area contributed by atoms with Gasteiger partial charge in [0.05, 0.1) is 18.5 Å². The van der Waals surface area contributed by atoms with E-state index >= 15 is 0 Å². The van der Waals surface area contributed by atoms with Gasteiger partial charge in [-0.2, -0.15) is 0 Å². The number of nitrogens with zero attached hydrogens (tertiary/aromatic N) is 1. The fourth-order valence-electron chi connectivity index (χ4n) is 1.56. The third kappa shape index (κ3) is 5.44. The Morgan fingerprint density at radius 1 is 1.36 bits per heavy atom. The van der Waals surface area contributed by atoms with Crippen molar-refractivity contribution in [3.05, 3.63) is 33.9 Å². The van der Waals surface area contributed by atoms with Crippen molar-refractivity contribution in [2.75, 3.05) is 12.4 Å². The maximum absolute atomic E-state index is 11.6. The summed E-state index contributed by atoms with van der Waals surface area (Å²) in [7, 11) is 1.23. The molecule has 0 atom stereocenters. The summed E-state index contributed by atoms with van der Waals surface area (Å²) in [6, 6.07) is 4.57. The molecule has 1 aromatic rings. The number of benzene rings is 1. The molecule has 9 heteroatoms. The van der Waals surface area contributed by atoms with Crippen LogP contribution < -0.4 is 10.6 Å². The molecule has 0 heterocycles. The predicted octanol–water partition coefficient (Wildman–Crippen LogP) is 1.67. The first-order valence-electron chi connectivity index (χ1n) is 6.26. The van der Waals surface area contributed by atoms with Gasteiger partial charge in [0.25, 0.3) is 5.69 Å². The summed E-state index contributed by atoms with van der Waals surface area (Å²) in [6.07, 6.45) is -0.167. The Hall–Kier alpha value is -2.55. The molecule has 22 heavy (non-hydrogen) atoms. The number of hydrogen-bond acceptors (Lipinski definition) is 6. The van der Waals surface area contributed by atoms with Gasteiger partial charge in [-0.05, 0) is 30.8 Å². The van der Waals surface area contributed by atoms with Crippen LogP contribution in [0.3, 0.4) is 0 Å². The zero-order valence-corrected chi connectivity index (χ0v) is 12.9. The molecule has 118 valence electrons. The van der Waals surface area contributed by atoms with Gasteiger partial charge in [0.1, 0.15) is 5.69 Å². The molecule has 0 spiro atoms. The number of thiocarbonyl (C=S) groups is 1. The van der Waals surface area contributed by atoms with Gasteiger partial charge in [0, 0.05) is 12.5 Å². The first-order valence-corrected chi connectivity index (χ1v) is 6.67. The van der Waals surface area contributed by atoms with Crippen molar-refractivity contribution < 1.29 is 19.2 Å². The minimum Gasteiger partial charge on any atom is -0.469 e. The van der Waals surface area contributed by atoms with E-state index in [1.807, 2.05) is 0 Å². The SMILES string of the molecule is COC(=O)CCC(=O)NC(=S)Nc1ccc(C)cc1[N+](=O)[O-]. The molecule has 1 rings (SSSR count). The lowest BCUT2D eigenvalue weighted by Gasteiger charge is -2.10. The number of ether oxygens (including phenoxy) is 1. The van der Waals surface area contributed by atoms with Crippen molar-refractivity contribution in [3.63, 3.8) is 0 Å². The molecular formula is C13H15N3O5S. The van der Waals surface area contributed by atoms with Gasteiger partial charge in [-0.1, -0.05) is 6.07 Å². The minimum atomic E-state index is -0.545. The molecule has 1 aromatic carbocycles. The maximum Gasteiger partial charge on any atom is 0.306 e. The second-order valence-corrected chi connectivity index (χ2v) is 4.76. The second kappa shape index (κ2) is 8.03. The van der Waals surface area contributed by atoms with Crippen LogP contribution in [0.15, 0.2) is 18.2 Å². The predicted molar refractivity (Wildman–Crippen MR) is 83.4 cm³/mol. The maximum atomic E-state index is 11.6. The molecule has 0 fully saturated rings. The topological polar surface area (TPSA) is 111 Å². The number of nitrogens with one attached hydrogen (secondary N) is 2.